The summed E-state index contributed by atoms with van der Waals surface area (Å²) in [4.78, 5) is 12.2. The van der Waals surface area contributed by atoms with Crippen LogP contribution in [0.25, 0.3) is 6.08 Å². The van der Waals surface area contributed by atoms with Gasteiger partial charge in [0.2, 0.25) is 5.78 Å². The lowest BCUT2D eigenvalue weighted by Crippen LogP contribution is -2.07. The molecule has 5 nitrogen and oxygen atoms in total. The summed E-state index contributed by atoms with van der Waals surface area (Å²) in [6, 6.07) is 11.5. The zero-order valence-corrected chi connectivity index (χ0v) is 15.2. The molecule has 0 saturated heterocycles. The molecule has 0 bridgehead atoms. The van der Waals surface area contributed by atoms with Crippen molar-refractivity contribution in [1.82, 2.24) is 9.78 Å². The third kappa shape index (κ3) is 4.30. The highest BCUT2D eigenvalue weighted by molar-refractivity contribution is 6.05. The van der Waals surface area contributed by atoms with Gasteiger partial charge in [0, 0.05) is 12.7 Å². The molecule has 0 saturated carbocycles. The number of furan rings is 1. The van der Waals surface area contributed by atoms with Crippen molar-refractivity contribution in [3.05, 3.63) is 77.0 Å². The molecule has 0 unspecified atom stereocenters. The molecule has 5 heteroatoms. The van der Waals surface area contributed by atoms with Crippen molar-refractivity contribution >= 4 is 11.9 Å². The first-order valence-corrected chi connectivity index (χ1v) is 8.59. The smallest absolute Gasteiger partial charge is 0.203 e. The third-order valence-corrected chi connectivity index (χ3v) is 3.93. The first-order valence-electron chi connectivity index (χ1n) is 8.59. The quantitative estimate of drug-likeness (QED) is 0.462. The summed E-state index contributed by atoms with van der Waals surface area (Å²) >= 11 is 0. The first kappa shape index (κ1) is 17.7. The molecular formula is C21H22N2O3. The van der Waals surface area contributed by atoms with Crippen LogP contribution in [0.5, 0.6) is 5.75 Å². The molecule has 0 aliphatic rings. The summed E-state index contributed by atoms with van der Waals surface area (Å²) in [5.41, 5.74) is 2.88. The number of ketones is 1. The van der Waals surface area contributed by atoms with Crippen molar-refractivity contribution in [3.63, 3.8) is 0 Å². The van der Waals surface area contributed by atoms with E-state index in [0.29, 0.717) is 30.4 Å². The normalized spacial score (nSPS) is 11.2. The van der Waals surface area contributed by atoms with Crippen molar-refractivity contribution in [2.24, 2.45) is 0 Å². The molecule has 0 N–H and O–H groups in total. The summed E-state index contributed by atoms with van der Waals surface area (Å²) in [6.07, 6.45) is 4.78. The largest absolute Gasteiger partial charge is 0.486 e. The predicted octanol–water partition coefficient (Wildman–Crippen LogP) is 4.59. The Labute approximate surface area is 152 Å². The number of carbonyl (C=O) groups is 1. The van der Waals surface area contributed by atoms with Gasteiger partial charge in [0.05, 0.1) is 0 Å². The second kappa shape index (κ2) is 7.87. The number of rotatable bonds is 7. The Morgan fingerprint density at radius 2 is 1.96 bits per heavy atom. The van der Waals surface area contributed by atoms with Crippen molar-refractivity contribution in [3.8, 4) is 5.75 Å². The zero-order valence-electron chi connectivity index (χ0n) is 15.2. The van der Waals surface area contributed by atoms with Crippen LogP contribution in [-0.2, 0) is 13.2 Å². The van der Waals surface area contributed by atoms with Crippen molar-refractivity contribution < 1.29 is 13.9 Å². The Morgan fingerprint density at radius 3 is 2.69 bits per heavy atom. The molecule has 0 amide bonds. The summed E-state index contributed by atoms with van der Waals surface area (Å²) in [5, 5.41) is 4.10. The molecule has 3 aromatic rings. The molecule has 0 aliphatic carbocycles. The second-order valence-electron chi connectivity index (χ2n) is 6.15. The number of ether oxygens (including phenoxy) is 1. The topological polar surface area (TPSA) is 57.3 Å². The number of nitrogens with zero attached hydrogens (tertiary/aromatic N) is 2. The number of aromatic nitrogens is 2. The molecule has 134 valence electrons. The van der Waals surface area contributed by atoms with Crippen LogP contribution in [-0.4, -0.2) is 15.6 Å². The molecule has 2 aromatic heterocycles. The average Bonchev–Trinajstić information content (AvgIpc) is 3.26. The number of aryl methyl sites for hydroxylation is 3. The third-order valence-electron chi connectivity index (χ3n) is 3.93. The molecule has 1 aromatic carbocycles. The van der Waals surface area contributed by atoms with Crippen LogP contribution in [0.3, 0.4) is 0 Å². The summed E-state index contributed by atoms with van der Waals surface area (Å²) in [6.45, 7) is 7.02. The van der Waals surface area contributed by atoms with E-state index in [-0.39, 0.29) is 5.78 Å². The van der Waals surface area contributed by atoms with Crippen LogP contribution in [0, 0.1) is 13.8 Å². The highest BCUT2D eigenvalue weighted by Crippen LogP contribution is 2.19. The molecule has 26 heavy (non-hydrogen) atoms. The summed E-state index contributed by atoms with van der Waals surface area (Å²) in [7, 11) is 0. The standard InChI is InChI=1S/C21H22N2O3/c1-4-23-20(9-10-22-23)21(24)8-7-17-5-6-18(26-17)14-25-19-12-15(2)11-16(3)13-19/h5-13H,4,14H2,1-3H3. The Hall–Kier alpha value is -3.08. The highest BCUT2D eigenvalue weighted by atomic mass is 16.5. The summed E-state index contributed by atoms with van der Waals surface area (Å²) in [5.74, 6) is 2.03. The Balaban J connectivity index is 1.61. The molecule has 2 heterocycles. The fourth-order valence-electron chi connectivity index (χ4n) is 2.77. The minimum absolute atomic E-state index is 0.103. The van der Waals surface area contributed by atoms with Crippen LogP contribution >= 0.6 is 0 Å². The van der Waals surface area contributed by atoms with E-state index in [4.69, 9.17) is 9.15 Å². The van der Waals surface area contributed by atoms with Gasteiger partial charge in [-0.1, -0.05) is 6.07 Å². The fraction of sp³-hybridized carbons (Fsp3) is 0.238. The van der Waals surface area contributed by atoms with E-state index in [0.717, 1.165) is 16.9 Å². The highest BCUT2D eigenvalue weighted by Gasteiger charge is 2.08. The molecule has 0 aliphatic heterocycles. The lowest BCUT2D eigenvalue weighted by Gasteiger charge is -2.06. The van der Waals surface area contributed by atoms with Crippen LogP contribution in [0.2, 0.25) is 0 Å². The van der Waals surface area contributed by atoms with Gasteiger partial charge in [0.25, 0.3) is 0 Å². The van der Waals surface area contributed by atoms with E-state index in [1.165, 1.54) is 6.08 Å². The minimum atomic E-state index is -0.103. The summed E-state index contributed by atoms with van der Waals surface area (Å²) < 4.78 is 13.2. The Morgan fingerprint density at radius 1 is 1.19 bits per heavy atom. The average molecular weight is 350 g/mol. The van der Waals surface area contributed by atoms with Crippen LogP contribution < -0.4 is 4.74 Å². The number of benzene rings is 1. The van der Waals surface area contributed by atoms with E-state index >= 15 is 0 Å². The van der Waals surface area contributed by atoms with Crippen LogP contribution in [0.1, 0.15) is 40.1 Å². The maximum Gasteiger partial charge on any atom is 0.203 e. The fourth-order valence-corrected chi connectivity index (χ4v) is 2.77. The molecule has 0 radical (unpaired) electrons. The maximum absolute atomic E-state index is 12.2. The van der Waals surface area contributed by atoms with Crippen molar-refractivity contribution in [1.29, 1.82) is 0 Å². The van der Waals surface area contributed by atoms with Crippen molar-refractivity contribution in [2.75, 3.05) is 0 Å². The predicted molar refractivity (Wildman–Crippen MR) is 100 cm³/mol. The lowest BCUT2D eigenvalue weighted by atomic mass is 10.1. The van der Waals surface area contributed by atoms with Gasteiger partial charge in [-0.2, -0.15) is 5.10 Å². The van der Waals surface area contributed by atoms with Gasteiger partial charge in [0.1, 0.15) is 29.6 Å². The monoisotopic (exact) mass is 350 g/mol. The molecule has 0 fully saturated rings. The SMILES string of the molecule is CCn1nccc1C(=O)C=Cc1ccc(COc2cc(C)cc(C)c2)o1. The van der Waals surface area contributed by atoms with Gasteiger partial charge in [-0.3, -0.25) is 9.48 Å². The number of hydrogen-bond acceptors (Lipinski definition) is 4. The minimum Gasteiger partial charge on any atom is -0.486 e. The first-order chi connectivity index (χ1) is 12.5. The zero-order chi connectivity index (χ0) is 18.5. The number of allylic oxidation sites excluding steroid dienone is 1. The number of carbonyl (C=O) groups excluding carboxylic acids is 1. The lowest BCUT2D eigenvalue weighted by molar-refractivity contribution is 0.103. The maximum atomic E-state index is 12.2. The van der Waals surface area contributed by atoms with E-state index in [1.807, 2.05) is 45.0 Å². The van der Waals surface area contributed by atoms with Gasteiger partial charge in [0.15, 0.2) is 0 Å². The molecule has 0 spiro atoms. The van der Waals surface area contributed by atoms with E-state index in [2.05, 4.69) is 11.2 Å². The van der Waals surface area contributed by atoms with Gasteiger partial charge >= 0.3 is 0 Å². The van der Waals surface area contributed by atoms with Crippen molar-refractivity contribution in [2.45, 2.75) is 33.9 Å². The Bertz CT molecular complexity index is 914. The van der Waals surface area contributed by atoms with Gasteiger partial charge in [-0.15, -0.1) is 0 Å². The number of hydrogen-bond donors (Lipinski definition) is 0. The molecule has 3 rings (SSSR count). The molecular weight excluding hydrogens is 328 g/mol. The molecule has 0 atom stereocenters. The van der Waals surface area contributed by atoms with Gasteiger partial charge < -0.3 is 9.15 Å². The van der Waals surface area contributed by atoms with Crippen LogP contribution in [0.4, 0.5) is 0 Å². The Kier molecular flexibility index (Phi) is 5.37. The van der Waals surface area contributed by atoms with Crippen LogP contribution in [0.15, 0.2) is 53.1 Å². The van der Waals surface area contributed by atoms with Gasteiger partial charge in [-0.05, 0) is 74.4 Å². The second-order valence-corrected chi connectivity index (χ2v) is 6.15. The van der Waals surface area contributed by atoms with Gasteiger partial charge in [-0.25, -0.2) is 0 Å². The van der Waals surface area contributed by atoms with E-state index < -0.39 is 0 Å². The van der Waals surface area contributed by atoms with E-state index in [9.17, 15) is 4.79 Å². The van der Waals surface area contributed by atoms with E-state index in [1.54, 1.807) is 23.0 Å².